The molecule has 118 valence electrons. The van der Waals surface area contributed by atoms with Crippen LogP contribution in [0.4, 0.5) is 0 Å². The van der Waals surface area contributed by atoms with Crippen molar-refractivity contribution in [2.45, 2.75) is 32.6 Å². The predicted octanol–water partition coefficient (Wildman–Crippen LogP) is 4.37. The number of fused-ring (bicyclic) bond motifs is 1. The Bertz CT molecular complexity index is 790. The Morgan fingerprint density at radius 1 is 1.35 bits per heavy atom. The molecule has 1 aromatic carbocycles. The van der Waals surface area contributed by atoms with Crippen LogP contribution in [0.2, 0.25) is 0 Å². The number of carbonyl (C=O) groups is 1. The van der Waals surface area contributed by atoms with Crippen molar-refractivity contribution in [1.29, 1.82) is 0 Å². The molecule has 1 saturated carbocycles. The normalized spacial score (nSPS) is 26.1. The van der Waals surface area contributed by atoms with E-state index in [2.05, 4.69) is 35.3 Å². The van der Waals surface area contributed by atoms with E-state index < -0.39 is 0 Å². The lowest BCUT2D eigenvalue weighted by molar-refractivity contribution is -0.145. The lowest BCUT2D eigenvalue weighted by atomic mass is 9.82. The number of rotatable bonds is 3. The molecule has 23 heavy (non-hydrogen) atoms. The van der Waals surface area contributed by atoms with E-state index in [-0.39, 0.29) is 17.3 Å². The van der Waals surface area contributed by atoms with Crippen molar-refractivity contribution in [3.8, 4) is 0 Å². The van der Waals surface area contributed by atoms with Crippen LogP contribution in [-0.2, 0) is 9.53 Å². The summed E-state index contributed by atoms with van der Waals surface area (Å²) in [5.74, 6) is 0.119. The summed E-state index contributed by atoms with van der Waals surface area (Å²) in [7, 11) is 0. The third-order valence-corrected chi connectivity index (χ3v) is 5.40. The molecule has 0 bridgehead atoms. The fourth-order valence-electron chi connectivity index (χ4n) is 3.96. The van der Waals surface area contributed by atoms with Crippen LogP contribution in [-0.4, -0.2) is 17.6 Å². The van der Waals surface area contributed by atoms with Gasteiger partial charge in [0.15, 0.2) is 0 Å². The first-order valence-corrected chi connectivity index (χ1v) is 8.43. The average Bonchev–Trinajstić information content (AvgIpc) is 3.29. The smallest absolute Gasteiger partial charge is 0.309 e. The Morgan fingerprint density at radius 3 is 3.00 bits per heavy atom. The van der Waals surface area contributed by atoms with Crippen LogP contribution in [0.25, 0.3) is 16.5 Å². The van der Waals surface area contributed by atoms with E-state index in [4.69, 9.17) is 4.74 Å². The van der Waals surface area contributed by atoms with E-state index in [1.807, 2.05) is 19.2 Å². The molecule has 0 aliphatic heterocycles. The highest BCUT2D eigenvalue weighted by atomic mass is 16.5. The van der Waals surface area contributed by atoms with Crippen molar-refractivity contribution >= 4 is 22.4 Å². The predicted molar refractivity (Wildman–Crippen MR) is 90.7 cm³/mol. The summed E-state index contributed by atoms with van der Waals surface area (Å²) in [6.07, 6.45) is 8.32. The summed E-state index contributed by atoms with van der Waals surface area (Å²) < 4.78 is 5.19. The fraction of sp³-hybridized carbons (Fsp3) is 0.400. The number of hydrogen-bond donors (Lipinski definition) is 0. The third kappa shape index (κ3) is 2.44. The second kappa shape index (κ2) is 5.48. The molecule has 1 fully saturated rings. The summed E-state index contributed by atoms with van der Waals surface area (Å²) in [6.45, 7) is 2.36. The molecule has 0 saturated heterocycles. The van der Waals surface area contributed by atoms with Gasteiger partial charge in [-0.1, -0.05) is 24.3 Å². The van der Waals surface area contributed by atoms with E-state index in [0.717, 1.165) is 31.2 Å². The maximum Gasteiger partial charge on any atom is 0.309 e. The van der Waals surface area contributed by atoms with E-state index in [0.29, 0.717) is 6.61 Å². The summed E-state index contributed by atoms with van der Waals surface area (Å²) >= 11 is 0. The van der Waals surface area contributed by atoms with Crippen LogP contribution >= 0.6 is 0 Å². The van der Waals surface area contributed by atoms with Crippen molar-refractivity contribution in [2.75, 3.05) is 6.61 Å². The van der Waals surface area contributed by atoms with Crippen molar-refractivity contribution in [1.82, 2.24) is 4.98 Å². The molecule has 1 aromatic heterocycles. The van der Waals surface area contributed by atoms with Gasteiger partial charge in [0.1, 0.15) is 0 Å². The lowest BCUT2D eigenvalue weighted by Gasteiger charge is -2.23. The van der Waals surface area contributed by atoms with E-state index in [9.17, 15) is 4.79 Å². The topological polar surface area (TPSA) is 39.2 Å². The quantitative estimate of drug-likeness (QED) is 0.790. The third-order valence-electron chi connectivity index (χ3n) is 5.40. The second-order valence-electron chi connectivity index (χ2n) is 6.68. The average molecular weight is 307 g/mol. The van der Waals surface area contributed by atoms with E-state index in [1.165, 1.54) is 16.5 Å². The van der Waals surface area contributed by atoms with Gasteiger partial charge in [0, 0.05) is 11.6 Å². The second-order valence-corrected chi connectivity index (χ2v) is 6.68. The molecule has 2 aliphatic carbocycles. The van der Waals surface area contributed by atoms with Gasteiger partial charge in [-0.25, -0.2) is 0 Å². The molecule has 3 heteroatoms. The number of carbonyl (C=O) groups excluding carboxylic acids is 1. The van der Waals surface area contributed by atoms with Crippen LogP contribution in [0.3, 0.4) is 0 Å². The fourth-order valence-corrected chi connectivity index (χ4v) is 3.96. The van der Waals surface area contributed by atoms with Crippen molar-refractivity contribution < 1.29 is 9.53 Å². The Hall–Kier alpha value is -2.16. The zero-order valence-corrected chi connectivity index (χ0v) is 13.4. The zero-order chi connectivity index (χ0) is 15.9. The number of para-hydroxylation sites is 1. The molecule has 4 rings (SSSR count). The first kappa shape index (κ1) is 14.4. The number of aromatic nitrogens is 1. The molecule has 2 unspecified atom stereocenters. The molecule has 0 amide bonds. The van der Waals surface area contributed by atoms with Gasteiger partial charge in [0.2, 0.25) is 0 Å². The molecule has 0 radical (unpaired) electrons. The Morgan fingerprint density at radius 2 is 2.22 bits per heavy atom. The highest BCUT2D eigenvalue weighted by Gasteiger charge is 2.58. The number of hydrogen-bond acceptors (Lipinski definition) is 3. The molecule has 1 spiro atoms. The Labute approximate surface area is 136 Å². The van der Waals surface area contributed by atoms with Gasteiger partial charge in [-0.15, -0.1) is 0 Å². The minimum Gasteiger partial charge on any atom is -0.466 e. The van der Waals surface area contributed by atoms with Gasteiger partial charge in [-0.2, -0.15) is 0 Å². The summed E-state index contributed by atoms with van der Waals surface area (Å²) in [5.41, 5.74) is 3.91. The van der Waals surface area contributed by atoms with E-state index in [1.54, 1.807) is 0 Å². The molecule has 2 aliphatic rings. The Kier molecular flexibility index (Phi) is 3.44. The van der Waals surface area contributed by atoms with Gasteiger partial charge in [0.25, 0.3) is 0 Å². The molecule has 2 aromatic rings. The highest BCUT2D eigenvalue weighted by Crippen LogP contribution is 2.62. The van der Waals surface area contributed by atoms with Gasteiger partial charge < -0.3 is 4.74 Å². The minimum atomic E-state index is -0.00119. The molecular weight excluding hydrogens is 286 g/mol. The van der Waals surface area contributed by atoms with Gasteiger partial charge in [0.05, 0.1) is 18.0 Å². The Balaban J connectivity index is 1.58. The number of ether oxygens (including phenoxy) is 1. The highest BCUT2D eigenvalue weighted by molar-refractivity contribution is 5.91. The van der Waals surface area contributed by atoms with Gasteiger partial charge in [-0.05, 0) is 61.3 Å². The maximum absolute atomic E-state index is 12.0. The largest absolute Gasteiger partial charge is 0.466 e. The maximum atomic E-state index is 12.0. The number of esters is 1. The summed E-state index contributed by atoms with van der Waals surface area (Å²) in [4.78, 5) is 16.4. The van der Waals surface area contributed by atoms with E-state index >= 15 is 0 Å². The van der Waals surface area contributed by atoms with Crippen molar-refractivity contribution in [2.24, 2.45) is 11.3 Å². The molecular formula is C20H21NO2. The van der Waals surface area contributed by atoms with Gasteiger partial charge in [-0.3, -0.25) is 9.78 Å². The monoisotopic (exact) mass is 307 g/mol. The van der Waals surface area contributed by atoms with Gasteiger partial charge >= 0.3 is 5.97 Å². The summed E-state index contributed by atoms with van der Waals surface area (Å²) in [6, 6.07) is 10.4. The molecule has 2 atom stereocenters. The first-order valence-electron chi connectivity index (χ1n) is 8.43. The molecule has 3 nitrogen and oxygen atoms in total. The number of nitrogens with zero attached hydrogens (tertiary/aromatic N) is 1. The van der Waals surface area contributed by atoms with Crippen LogP contribution in [0.15, 0.2) is 42.6 Å². The number of pyridine rings is 1. The van der Waals surface area contributed by atoms with Crippen LogP contribution in [0, 0.1) is 11.3 Å². The summed E-state index contributed by atoms with van der Waals surface area (Å²) in [5, 5.41) is 1.22. The number of allylic oxidation sites excluding steroid dienone is 2. The number of benzene rings is 1. The van der Waals surface area contributed by atoms with Crippen LogP contribution in [0.1, 0.15) is 38.2 Å². The van der Waals surface area contributed by atoms with Crippen molar-refractivity contribution in [3.05, 3.63) is 48.2 Å². The van der Waals surface area contributed by atoms with Crippen LogP contribution < -0.4 is 0 Å². The molecule has 0 N–H and O–H groups in total. The molecule has 1 heterocycles. The minimum absolute atomic E-state index is 0.00119. The van der Waals surface area contributed by atoms with Crippen LogP contribution in [0.5, 0.6) is 0 Å². The van der Waals surface area contributed by atoms with Crippen molar-refractivity contribution in [3.63, 3.8) is 0 Å². The standard InChI is InChI=1S/C20H21NO2/c1-2-23-19(22)17-13-20(17)10-7-14(8-11-20)15-9-12-21-18-6-4-3-5-16(15)18/h3-7,9,12,17H,2,8,10-11,13H2,1H3. The SMILES string of the molecule is CCOC(=O)C1CC12CC=C(c1ccnc3ccccc13)CC2. The zero-order valence-electron chi connectivity index (χ0n) is 13.4. The first-order chi connectivity index (χ1) is 11.2. The lowest BCUT2D eigenvalue weighted by Crippen LogP contribution is -2.16.